The van der Waals surface area contributed by atoms with E-state index >= 15 is 0 Å². The van der Waals surface area contributed by atoms with Crippen LogP contribution in [-0.4, -0.2) is 68.5 Å². The third-order valence-corrected chi connectivity index (χ3v) is 8.62. The molecule has 1 aromatic carbocycles. The van der Waals surface area contributed by atoms with E-state index in [-0.39, 0.29) is 29.5 Å². The largest absolute Gasteiger partial charge is 0.477 e. The maximum Gasteiger partial charge on any atom is 0.352 e. The van der Waals surface area contributed by atoms with Crippen LogP contribution in [0.4, 0.5) is 0 Å². The molecule has 194 valence electrons. The van der Waals surface area contributed by atoms with E-state index in [9.17, 15) is 24.3 Å². The second-order valence-corrected chi connectivity index (χ2v) is 11.0. The highest BCUT2D eigenvalue weighted by Crippen LogP contribution is 2.40. The fourth-order valence-electron chi connectivity index (χ4n) is 3.90. The number of pyridine rings is 1. The lowest BCUT2D eigenvalue weighted by molar-refractivity contribution is -0.689. The van der Waals surface area contributed by atoms with Gasteiger partial charge in [0.25, 0.3) is 11.8 Å². The van der Waals surface area contributed by atoms with E-state index in [0.29, 0.717) is 26.3 Å². The Kier molecular flexibility index (Phi) is 8.65. The van der Waals surface area contributed by atoms with E-state index < -0.39 is 35.9 Å². The number of halogens is 2. The number of carboxylic acids is 1. The Morgan fingerprint density at radius 1 is 1.24 bits per heavy atom. The number of aliphatic hydroxyl groups is 1. The molecule has 2 aliphatic rings. The summed E-state index contributed by atoms with van der Waals surface area (Å²) in [5, 5.41) is 24.2. The summed E-state index contributed by atoms with van der Waals surface area (Å²) >= 11 is 14.6. The van der Waals surface area contributed by atoms with Crippen LogP contribution in [0.15, 0.2) is 58.9 Å². The lowest BCUT2D eigenvalue weighted by Crippen LogP contribution is -2.71. The van der Waals surface area contributed by atoms with Crippen LogP contribution in [-0.2, 0) is 20.9 Å². The van der Waals surface area contributed by atoms with Gasteiger partial charge in [0.05, 0.1) is 10.8 Å². The zero-order chi connectivity index (χ0) is 26.7. The normalized spacial score (nSPS) is 18.7. The number of nitrogens with zero attached hydrogens (tertiary/aromatic N) is 2. The lowest BCUT2D eigenvalue weighted by Gasteiger charge is -2.49. The van der Waals surface area contributed by atoms with Crippen molar-refractivity contribution in [2.24, 2.45) is 0 Å². The van der Waals surface area contributed by atoms with Gasteiger partial charge in [0.1, 0.15) is 29.4 Å². The second kappa shape index (κ2) is 11.7. The Labute approximate surface area is 230 Å². The van der Waals surface area contributed by atoms with Gasteiger partial charge in [0.15, 0.2) is 18.9 Å². The summed E-state index contributed by atoms with van der Waals surface area (Å²) in [4.78, 5) is 51.4. The molecule has 1 saturated heterocycles. The fraction of sp³-hybridized carbons (Fsp3) is 0.261. The van der Waals surface area contributed by atoms with Crippen molar-refractivity contribution in [3.05, 3.63) is 69.6 Å². The molecule has 3 amide bonds. The maximum atomic E-state index is 12.9. The number of nitrogens with one attached hydrogen (secondary N) is 2. The minimum Gasteiger partial charge on any atom is -0.477 e. The molecular weight excluding hydrogens is 563 g/mol. The van der Waals surface area contributed by atoms with Gasteiger partial charge < -0.3 is 20.8 Å². The Hall–Kier alpha value is -2.77. The van der Waals surface area contributed by atoms with Gasteiger partial charge in [-0.3, -0.25) is 19.3 Å². The first-order valence-electron chi connectivity index (χ1n) is 10.8. The van der Waals surface area contributed by atoms with Crippen molar-refractivity contribution < 1.29 is 34.0 Å². The molecule has 10 nitrogen and oxygen atoms in total. The number of hydrogen-bond donors (Lipinski definition) is 4. The van der Waals surface area contributed by atoms with E-state index in [1.54, 1.807) is 41.1 Å². The van der Waals surface area contributed by atoms with Gasteiger partial charge in [0, 0.05) is 27.3 Å². The quantitative estimate of drug-likeness (QED) is 0.151. The highest BCUT2D eigenvalue weighted by molar-refractivity contribution is 8.00. The molecule has 3 heterocycles. The first-order chi connectivity index (χ1) is 17.7. The summed E-state index contributed by atoms with van der Waals surface area (Å²) in [6.07, 6.45) is 3.20. The third kappa shape index (κ3) is 6.04. The topological polar surface area (TPSA) is 140 Å². The van der Waals surface area contributed by atoms with Crippen molar-refractivity contribution in [1.29, 1.82) is 0 Å². The highest BCUT2D eigenvalue weighted by atomic mass is 35.5. The number of hydrogen-bond acceptors (Lipinski definition) is 7. The molecule has 2 atom stereocenters. The molecule has 2 aromatic rings. The van der Waals surface area contributed by atoms with Gasteiger partial charge in [0.2, 0.25) is 5.91 Å². The van der Waals surface area contributed by atoms with Crippen molar-refractivity contribution in [2.45, 2.75) is 22.9 Å². The molecule has 0 bridgehead atoms. The Balaban J connectivity index is 1.43. The van der Waals surface area contributed by atoms with Crippen LogP contribution in [0.3, 0.4) is 0 Å². The zero-order valence-electron chi connectivity index (χ0n) is 19.0. The average molecular weight is 584 g/mol. The molecular formula is C23H21Cl2N4O6S2+. The number of fused-ring (bicyclic) bond motifs is 1. The van der Waals surface area contributed by atoms with Gasteiger partial charge in [-0.05, 0) is 24.3 Å². The van der Waals surface area contributed by atoms with E-state index in [2.05, 4.69) is 10.6 Å². The number of carboxylic acid groups (broad SMARTS) is 1. The minimum atomic E-state index is -1.25. The van der Waals surface area contributed by atoms with Gasteiger partial charge >= 0.3 is 5.97 Å². The summed E-state index contributed by atoms with van der Waals surface area (Å²) < 4.78 is 1.63. The summed E-state index contributed by atoms with van der Waals surface area (Å²) in [6.45, 7) is -0.374. The number of aliphatic carboxylic acids is 1. The number of carbonyl (C=O) groups excluding carboxylic acids is 3. The van der Waals surface area contributed by atoms with Crippen molar-refractivity contribution >= 4 is 70.4 Å². The summed E-state index contributed by atoms with van der Waals surface area (Å²) in [5.74, 6) is -2.30. The Bertz CT molecular complexity index is 1310. The van der Waals surface area contributed by atoms with E-state index in [4.69, 9.17) is 28.3 Å². The fourth-order valence-corrected chi connectivity index (χ4v) is 6.54. The van der Waals surface area contributed by atoms with Crippen LogP contribution in [0.5, 0.6) is 0 Å². The molecule has 0 radical (unpaired) electrons. The first kappa shape index (κ1) is 27.3. The molecule has 1 fully saturated rings. The molecule has 2 aliphatic heterocycles. The van der Waals surface area contributed by atoms with Crippen molar-refractivity contribution in [3.63, 3.8) is 0 Å². The van der Waals surface area contributed by atoms with Gasteiger partial charge in [-0.1, -0.05) is 23.2 Å². The summed E-state index contributed by atoms with van der Waals surface area (Å²) in [6, 6.07) is 7.26. The predicted octanol–water partition coefficient (Wildman–Crippen LogP) is 1.49. The number of aliphatic hydroxyl groups excluding tert-OH is 1. The van der Waals surface area contributed by atoms with Gasteiger partial charge in [-0.25, -0.2) is 9.36 Å². The maximum absolute atomic E-state index is 12.9. The SMILES string of the molecule is O=C(CSc1cc(Cl)ccc1Cl)N[C@H]1C(=O)N2C(C(=O)O)=C(C[n+]3cccc(C(=O)NCO)c3)CS[C@H]12. The van der Waals surface area contributed by atoms with E-state index in [1.165, 1.54) is 34.6 Å². The van der Waals surface area contributed by atoms with Crippen LogP contribution >= 0.6 is 46.7 Å². The van der Waals surface area contributed by atoms with E-state index in [0.717, 1.165) is 0 Å². The van der Waals surface area contributed by atoms with Crippen LogP contribution in [0, 0.1) is 0 Å². The van der Waals surface area contributed by atoms with Crippen molar-refractivity contribution in [1.82, 2.24) is 15.5 Å². The monoisotopic (exact) mass is 583 g/mol. The summed E-state index contributed by atoms with van der Waals surface area (Å²) in [5.41, 5.74) is 0.648. The number of benzene rings is 1. The number of aromatic nitrogens is 1. The molecule has 0 spiro atoms. The van der Waals surface area contributed by atoms with Gasteiger partial charge in [-0.15, -0.1) is 23.5 Å². The Morgan fingerprint density at radius 3 is 2.76 bits per heavy atom. The summed E-state index contributed by atoms with van der Waals surface area (Å²) in [7, 11) is 0. The van der Waals surface area contributed by atoms with Crippen LogP contribution in [0.2, 0.25) is 10.0 Å². The van der Waals surface area contributed by atoms with Gasteiger partial charge in [-0.2, -0.15) is 0 Å². The van der Waals surface area contributed by atoms with Crippen molar-refractivity contribution in [3.8, 4) is 0 Å². The highest BCUT2D eigenvalue weighted by Gasteiger charge is 2.54. The standard InChI is InChI=1S/C23H20Cl2N4O6S2/c24-14-3-4-15(25)16(6-14)36-10-17(31)27-18-21(33)29-19(23(34)35)13(9-37-22(18)29)8-28-5-1-2-12(7-28)20(32)26-11-30/h1-7,18,22,30H,8-11H2,(H2-,26,27,31,32,34,35)/p+1/t18-,22+/m0/s1. The van der Waals surface area contributed by atoms with Crippen molar-refractivity contribution in [2.75, 3.05) is 18.2 Å². The molecule has 14 heteroatoms. The predicted molar refractivity (Wildman–Crippen MR) is 138 cm³/mol. The van der Waals surface area contributed by atoms with Crippen LogP contribution < -0.4 is 15.2 Å². The number of amides is 3. The van der Waals surface area contributed by atoms with Crippen LogP contribution in [0.25, 0.3) is 0 Å². The number of carbonyl (C=O) groups is 4. The molecule has 37 heavy (non-hydrogen) atoms. The number of rotatable bonds is 9. The lowest BCUT2D eigenvalue weighted by atomic mass is 10.0. The third-order valence-electron chi connectivity index (χ3n) is 5.55. The molecule has 0 saturated carbocycles. The Morgan fingerprint density at radius 2 is 2.03 bits per heavy atom. The molecule has 0 unspecified atom stereocenters. The zero-order valence-corrected chi connectivity index (χ0v) is 22.2. The molecule has 0 aliphatic carbocycles. The van der Waals surface area contributed by atoms with Crippen LogP contribution in [0.1, 0.15) is 10.4 Å². The smallest absolute Gasteiger partial charge is 0.352 e. The second-order valence-electron chi connectivity index (χ2n) is 8.00. The number of β-lactam (4-membered cyclic amide) rings is 1. The molecule has 1 aromatic heterocycles. The molecule has 4 N–H and O–H groups in total. The average Bonchev–Trinajstić information content (AvgIpc) is 2.87. The minimum absolute atomic E-state index is 0.00491. The van der Waals surface area contributed by atoms with E-state index in [1.807, 2.05) is 0 Å². The molecule has 4 rings (SSSR count). The number of thioether (sulfide) groups is 2. The first-order valence-corrected chi connectivity index (χ1v) is 13.6.